The van der Waals surface area contributed by atoms with Gasteiger partial charge in [-0.1, -0.05) is 45.0 Å². The van der Waals surface area contributed by atoms with E-state index in [0.717, 1.165) is 70.7 Å². The van der Waals surface area contributed by atoms with Crippen LogP contribution in [0.25, 0.3) is 0 Å². The van der Waals surface area contributed by atoms with E-state index in [1.54, 1.807) is 6.33 Å². The number of aliphatic imine (C=N–C) groups is 1. The molecular weight excluding hydrogens is 390 g/mol. The number of benzene rings is 1. The maximum Gasteiger partial charge on any atom is 0.191 e. The van der Waals surface area contributed by atoms with Gasteiger partial charge in [0.15, 0.2) is 5.96 Å². The number of nitrogens with one attached hydrogen (secondary N) is 2. The molecule has 1 aromatic heterocycles. The molecule has 31 heavy (non-hydrogen) atoms. The van der Waals surface area contributed by atoms with Crippen molar-refractivity contribution in [2.75, 3.05) is 39.4 Å². The van der Waals surface area contributed by atoms with Crippen LogP contribution >= 0.6 is 0 Å². The maximum atomic E-state index is 5.48. The molecule has 2 heterocycles. The number of rotatable bonds is 10. The molecule has 2 aromatic rings. The first-order valence-electron chi connectivity index (χ1n) is 11.4. The number of guanidine groups is 1. The summed E-state index contributed by atoms with van der Waals surface area (Å²) in [5.74, 6) is 2.40. The number of hydrogen-bond acceptors (Lipinski definition) is 5. The van der Waals surface area contributed by atoms with Crippen molar-refractivity contribution >= 4 is 5.96 Å². The van der Waals surface area contributed by atoms with Gasteiger partial charge in [-0.3, -0.25) is 4.90 Å². The van der Waals surface area contributed by atoms with Crippen LogP contribution in [0.1, 0.15) is 37.7 Å². The van der Waals surface area contributed by atoms with Crippen LogP contribution in [0.5, 0.6) is 0 Å². The van der Waals surface area contributed by atoms with Crippen LogP contribution in [0.15, 0.2) is 35.6 Å². The third-order valence-electron chi connectivity index (χ3n) is 5.36. The molecule has 1 aliphatic heterocycles. The minimum Gasteiger partial charge on any atom is -0.379 e. The lowest BCUT2D eigenvalue weighted by Gasteiger charge is -2.27. The number of ether oxygens (including phenoxy) is 1. The zero-order valence-electron chi connectivity index (χ0n) is 19.2. The predicted molar refractivity (Wildman–Crippen MR) is 124 cm³/mol. The maximum absolute atomic E-state index is 5.48. The summed E-state index contributed by atoms with van der Waals surface area (Å²) in [4.78, 5) is 7.34. The molecule has 0 aliphatic carbocycles. The fourth-order valence-corrected chi connectivity index (χ4v) is 3.54. The Labute approximate surface area is 186 Å². The van der Waals surface area contributed by atoms with E-state index in [1.165, 1.54) is 11.1 Å². The van der Waals surface area contributed by atoms with Gasteiger partial charge in [-0.25, -0.2) is 4.99 Å². The lowest BCUT2D eigenvalue weighted by Crippen LogP contribution is -2.40. The third-order valence-corrected chi connectivity index (χ3v) is 5.36. The van der Waals surface area contributed by atoms with Gasteiger partial charge in [0.25, 0.3) is 0 Å². The second kappa shape index (κ2) is 12.4. The summed E-state index contributed by atoms with van der Waals surface area (Å²) in [5.41, 5.74) is 2.61. The van der Waals surface area contributed by atoms with E-state index in [1.807, 2.05) is 0 Å². The van der Waals surface area contributed by atoms with Crippen molar-refractivity contribution < 1.29 is 4.74 Å². The summed E-state index contributed by atoms with van der Waals surface area (Å²) in [6.45, 7) is 14.2. The van der Waals surface area contributed by atoms with E-state index >= 15 is 0 Å². The smallest absolute Gasteiger partial charge is 0.191 e. The van der Waals surface area contributed by atoms with Gasteiger partial charge >= 0.3 is 0 Å². The summed E-state index contributed by atoms with van der Waals surface area (Å²) in [5, 5.41) is 15.1. The first-order valence-corrected chi connectivity index (χ1v) is 11.4. The van der Waals surface area contributed by atoms with Crippen LogP contribution in [0.4, 0.5) is 0 Å². The van der Waals surface area contributed by atoms with Crippen LogP contribution in [-0.4, -0.2) is 65.0 Å². The molecule has 1 aromatic carbocycles. The van der Waals surface area contributed by atoms with Crippen molar-refractivity contribution in [1.29, 1.82) is 0 Å². The largest absolute Gasteiger partial charge is 0.379 e. The Balaban J connectivity index is 1.61. The summed E-state index contributed by atoms with van der Waals surface area (Å²) in [6, 6.07) is 8.61. The monoisotopic (exact) mass is 427 g/mol. The highest BCUT2D eigenvalue weighted by molar-refractivity contribution is 5.79. The Kier molecular flexibility index (Phi) is 9.30. The van der Waals surface area contributed by atoms with Crippen molar-refractivity contribution in [2.45, 2.75) is 46.8 Å². The highest BCUT2D eigenvalue weighted by atomic mass is 16.5. The highest BCUT2D eigenvalue weighted by Gasteiger charge is 2.12. The van der Waals surface area contributed by atoms with E-state index in [-0.39, 0.29) is 0 Å². The average Bonchev–Trinajstić information content (AvgIpc) is 3.24. The van der Waals surface area contributed by atoms with Crippen LogP contribution in [0.2, 0.25) is 0 Å². The quantitative estimate of drug-likeness (QED) is 0.446. The summed E-state index contributed by atoms with van der Waals surface area (Å²) < 4.78 is 7.57. The molecule has 0 unspecified atom stereocenters. The summed E-state index contributed by atoms with van der Waals surface area (Å²) in [7, 11) is 0. The van der Waals surface area contributed by atoms with Gasteiger partial charge in [-0.15, -0.1) is 10.2 Å². The fourth-order valence-electron chi connectivity index (χ4n) is 3.54. The van der Waals surface area contributed by atoms with Crippen molar-refractivity contribution in [3.63, 3.8) is 0 Å². The van der Waals surface area contributed by atoms with E-state index in [2.05, 4.69) is 75.3 Å². The minimum atomic E-state index is 0.546. The summed E-state index contributed by atoms with van der Waals surface area (Å²) >= 11 is 0. The molecule has 8 nitrogen and oxygen atoms in total. The molecular formula is C23H37N7O. The Morgan fingerprint density at radius 2 is 1.94 bits per heavy atom. The van der Waals surface area contributed by atoms with Crippen molar-refractivity contribution in [1.82, 2.24) is 30.3 Å². The Morgan fingerprint density at radius 1 is 1.16 bits per heavy atom. The second-order valence-electron chi connectivity index (χ2n) is 8.32. The second-order valence-corrected chi connectivity index (χ2v) is 8.32. The summed E-state index contributed by atoms with van der Waals surface area (Å²) in [6.07, 6.45) is 2.67. The average molecular weight is 428 g/mol. The van der Waals surface area contributed by atoms with E-state index in [4.69, 9.17) is 9.73 Å². The van der Waals surface area contributed by atoms with Crippen LogP contribution in [-0.2, 0) is 30.8 Å². The number of nitrogens with zero attached hydrogens (tertiary/aromatic N) is 5. The lowest BCUT2D eigenvalue weighted by atomic mass is 10.1. The van der Waals surface area contributed by atoms with Gasteiger partial charge in [-0.2, -0.15) is 0 Å². The zero-order chi connectivity index (χ0) is 21.9. The molecule has 0 bridgehead atoms. The Hall–Kier alpha value is -2.45. The molecule has 2 N–H and O–H groups in total. The first kappa shape index (κ1) is 23.2. The van der Waals surface area contributed by atoms with E-state index < -0.39 is 0 Å². The van der Waals surface area contributed by atoms with Gasteiger partial charge in [0.05, 0.1) is 19.8 Å². The standard InChI is InChI=1S/C23H37N7O/c1-4-22-28-27-18-30(22)10-9-24-23(25-15-19(2)3)26-16-20-7-5-6-8-21(20)17-29-11-13-31-14-12-29/h5-8,18-19H,4,9-17H2,1-3H3,(H2,24,25,26). The van der Waals surface area contributed by atoms with Gasteiger partial charge in [0, 0.05) is 45.7 Å². The van der Waals surface area contributed by atoms with Crippen LogP contribution in [0, 0.1) is 5.92 Å². The molecule has 3 rings (SSSR count). The Bertz CT molecular complexity index is 812. The van der Waals surface area contributed by atoms with Crippen LogP contribution in [0.3, 0.4) is 0 Å². The molecule has 0 radical (unpaired) electrons. The molecule has 1 aliphatic rings. The SMILES string of the molecule is CCc1nncn1CCNC(=NCc1ccccc1CN1CCOCC1)NCC(C)C. The molecule has 1 saturated heterocycles. The van der Waals surface area contributed by atoms with Crippen molar-refractivity contribution in [3.05, 3.63) is 47.5 Å². The molecule has 0 atom stereocenters. The van der Waals surface area contributed by atoms with Gasteiger partial charge in [0.1, 0.15) is 12.2 Å². The molecule has 170 valence electrons. The third kappa shape index (κ3) is 7.63. The molecule has 0 amide bonds. The zero-order valence-corrected chi connectivity index (χ0v) is 19.2. The number of aryl methyl sites for hydroxylation is 1. The minimum absolute atomic E-state index is 0.546. The molecule has 0 saturated carbocycles. The van der Waals surface area contributed by atoms with Gasteiger partial charge in [-0.05, 0) is 17.0 Å². The molecule has 0 spiro atoms. The van der Waals surface area contributed by atoms with Crippen molar-refractivity contribution in [3.8, 4) is 0 Å². The van der Waals surface area contributed by atoms with E-state index in [0.29, 0.717) is 12.5 Å². The molecule has 1 fully saturated rings. The number of morpholine rings is 1. The molecule has 8 heteroatoms. The number of hydrogen-bond donors (Lipinski definition) is 2. The highest BCUT2D eigenvalue weighted by Crippen LogP contribution is 2.14. The predicted octanol–water partition coefficient (Wildman–Crippen LogP) is 2.06. The van der Waals surface area contributed by atoms with Gasteiger partial charge in [0.2, 0.25) is 0 Å². The first-order chi connectivity index (χ1) is 15.2. The van der Waals surface area contributed by atoms with Crippen molar-refractivity contribution in [2.24, 2.45) is 10.9 Å². The van der Waals surface area contributed by atoms with Crippen LogP contribution < -0.4 is 10.6 Å². The lowest BCUT2D eigenvalue weighted by molar-refractivity contribution is 0.0341. The Morgan fingerprint density at radius 3 is 2.68 bits per heavy atom. The van der Waals surface area contributed by atoms with Gasteiger partial charge < -0.3 is 19.9 Å². The number of aromatic nitrogens is 3. The van der Waals surface area contributed by atoms with E-state index in [9.17, 15) is 0 Å². The topological polar surface area (TPSA) is 79.6 Å². The fraction of sp³-hybridized carbons (Fsp3) is 0.609. The normalized spacial score (nSPS) is 15.4.